The molecule has 0 saturated carbocycles. The van der Waals surface area contributed by atoms with Gasteiger partial charge in [-0.2, -0.15) is 0 Å². The zero-order valence-corrected chi connectivity index (χ0v) is 20.7. The van der Waals surface area contributed by atoms with Gasteiger partial charge in [-0.1, -0.05) is 32.0 Å². The van der Waals surface area contributed by atoms with E-state index in [0.717, 1.165) is 76.2 Å². The Balaban J connectivity index is 2.17. The summed E-state index contributed by atoms with van der Waals surface area (Å²) >= 11 is 0. The summed E-state index contributed by atoms with van der Waals surface area (Å²) in [4.78, 5) is 14.9. The van der Waals surface area contributed by atoms with Crippen molar-refractivity contribution in [3.05, 3.63) is 53.8 Å². The highest BCUT2D eigenvalue weighted by molar-refractivity contribution is 6.02. The first kappa shape index (κ1) is 24.4. The molecule has 0 aliphatic rings. The first-order chi connectivity index (χ1) is 16.0. The number of fused-ring (bicyclic) bond motifs is 1. The predicted molar refractivity (Wildman–Crippen MR) is 135 cm³/mol. The van der Waals surface area contributed by atoms with Gasteiger partial charge < -0.3 is 18.8 Å². The van der Waals surface area contributed by atoms with Crippen molar-refractivity contribution in [3.63, 3.8) is 0 Å². The summed E-state index contributed by atoms with van der Waals surface area (Å²) in [6.07, 6.45) is 5.37. The van der Waals surface area contributed by atoms with Crippen LogP contribution in [0.1, 0.15) is 51.7 Å². The van der Waals surface area contributed by atoms with Crippen LogP contribution in [0.3, 0.4) is 0 Å². The lowest BCUT2D eigenvalue weighted by Gasteiger charge is -2.20. The van der Waals surface area contributed by atoms with Crippen molar-refractivity contribution in [2.45, 2.75) is 47.5 Å². The first-order valence-corrected chi connectivity index (χ1v) is 11.7. The van der Waals surface area contributed by atoms with Crippen molar-refractivity contribution in [1.29, 1.82) is 0 Å². The van der Waals surface area contributed by atoms with Gasteiger partial charge in [0.05, 0.1) is 20.0 Å². The van der Waals surface area contributed by atoms with Gasteiger partial charge in [0.1, 0.15) is 17.1 Å². The number of rotatable bonds is 10. The Labute approximate surface area is 197 Å². The molecule has 0 aliphatic heterocycles. The molecule has 176 valence electrons. The second-order valence-electron chi connectivity index (χ2n) is 8.19. The number of benzene rings is 2. The van der Waals surface area contributed by atoms with Crippen molar-refractivity contribution in [2.75, 3.05) is 26.8 Å². The molecule has 1 heterocycles. The molecule has 1 aromatic heterocycles. The molecular formula is C28H35NO4. The highest BCUT2D eigenvalue weighted by Gasteiger charge is 2.21. The van der Waals surface area contributed by atoms with E-state index in [-0.39, 0.29) is 5.91 Å². The molecule has 5 heteroatoms. The maximum Gasteiger partial charge on any atom is 0.246 e. The maximum absolute atomic E-state index is 13.0. The van der Waals surface area contributed by atoms with Gasteiger partial charge >= 0.3 is 0 Å². The maximum atomic E-state index is 13.0. The largest absolute Gasteiger partial charge is 0.496 e. The first-order valence-electron chi connectivity index (χ1n) is 11.7. The molecule has 0 atom stereocenters. The van der Waals surface area contributed by atoms with Gasteiger partial charge in [-0.25, -0.2) is 0 Å². The van der Waals surface area contributed by atoms with E-state index >= 15 is 0 Å². The summed E-state index contributed by atoms with van der Waals surface area (Å²) in [6.45, 7) is 12.2. The number of carbonyl (C=O) groups excluding carboxylic acids is 1. The summed E-state index contributed by atoms with van der Waals surface area (Å²) in [5.74, 6) is 1.57. The number of ether oxygens (including phenoxy) is 2. The number of allylic oxidation sites excluding steroid dienone is 1. The molecule has 0 saturated heterocycles. The molecule has 0 aliphatic carbocycles. The van der Waals surface area contributed by atoms with E-state index in [0.29, 0.717) is 6.61 Å². The van der Waals surface area contributed by atoms with Crippen LogP contribution in [0.2, 0.25) is 0 Å². The lowest BCUT2D eigenvalue weighted by atomic mass is 9.96. The Morgan fingerprint density at radius 3 is 2.42 bits per heavy atom. The summed E-state index contributed by atoms with van der Waals surface area (Å²) in [5, 5.41) is 0.967. The third-order valence-corrected chi connectivity index (χ3v) is 5.79. The van der Waals surface area contributed by atoms with Crippen molar-refractivity contribution in [1.82, 2.24) is 4.90 Å². The number of furan rings is 1. The Kier molecular flexibility index (Phi) is 8.21. The van der Waals surface area contributed by atoms with E-state index in [2.05, 4.69) is 19.9 Å². The molecule has 0 spiro atoms. The normalized spacial score (nSPS) is 11.6. The van der Waals surface area contributed by atoms with Crippen LogP contribution in [0.4, 0.5) is 0 Å². The van der Waals surface area contributed by atoms with Crippen LogP contribution in [0, 0.1) is 6.92 Å². The van der Waals surface area contributed by atoms with Gasteiger partial charge in [-0.05, 0) is 51.3 Å². The van der Waals surface area contributed by atoms with Gasteiger partial charge in [0.15, 0.2) is 0 Å². The van der Waals surface area contributed by atoms with E-state index in [9.17, 15) is 4.79 Å². The quantitative estimate of drug-likeness (QED) is 0.317. The van der Waals surface area contributed by atoms with Crippen LogP contribution in [-0.4, -0.2) is 37.6 Å². The van der Waals surface area contributed by atoms with Crippen LogP contribution >= 0.6 is 0 Å². The van der Waals surface area contributed by atoms with Crippen LogP contribution in [0.25, 0.3) is 27.7 Å². The van der Waals surface area contributed by atoms with E-state index < -0.39 is 0 Å². The Morgan fingerprint density at radius 1 is 1.09 bits per heavy atom. The Morgan fingerprint density at radius 2 is 1.79 bits per heavy atom. The minimum Gasteiger partial charge on any atom is -0.496 e. The molecule has 3 rings (SSSR count). The smallest absolute Gasteiger partial charge is 0.246 e. The van der Waals surface area contributed by atoms with Crippen LogP contribution in [-0.2, 0) is 4.79 Å². The van der Waals surface area contributed by atoms with Gasteiger partial charge in [-0.15, -0.1) is 0 Å². The van der Waals surface area contributed by atoms with Crippen LogP contribution < -0.4 is 9.47 Å². The monoisotopic (exact) mass is 449 g/mol. The molecule has 5 nitrogen and oxygen atoms in total. The number of hydrogen-bond acceptors (Lipinski definition) is 4. The number of para-hydroxylation sites is 1. The van der Waals surface area contributed by atoms with Crippen molar-refractivity contribution >= 4 is 22.4 Å². The molecular weight excluding hydrogens is 414 g/mol. The van der Waals surface area contributed by atoms with Crippen molar-refractivity contribution in [2.24, 2.45) is 0 Å². The third-order valence-electron chi connectivity index (χ3n) is 5.79. The molecule has 0 unspecified atom stereocenters. The minimum atomic E-state index is 0.0357. The molecule has 1 amide bonds. The average molecular weight is 450 g/mol. The standard InChI is InChI=1S/C28H35NO4/c1-7-14-29(15-8-2)26(30)16-19(4)22-17-23-24(21-12-10-11-13-25(21)31-6)18-33-28(23)20(5)27(22)32-9-3/h10-13,16-18H,7-9,14-15H2,1-6H3/b19-16+. The van der Waals surface area contributed by atoms with Gasteiger partial charge in [0.2, 0.25) is 5.91 Å². The Hall–Kier alpha value is -3.21. The number of nitrogens with zero attached hydrogens (tertiary/aromatic N) is 1. The highest BCUT2D eigenvalue weighted by Crippen LogP contribution is 2.42. The van der Waals surface area contributed by atoms with Gasteiger partial charge in [0, 0.05) is 46.8 Å². The molecule has 0 bridgehead atoms. The summed E-state index contributed by atoms with van der Waals surface area (Å²) in [5.41, 5.74) is 5.39. The van der Waals surface area contributed by atoms with E-state index in [4.69, 9.17) is 13.9 Å². The van der Waals surface area contributed by atoms with Crippen LogP contribution in [0.15, 0.2) is 47.1 Å². The zero-order chi connectivity index (χ0) is 24.0. The fourth-order valence-corrected chi connectivity index (χ4v) is 4.24. The topological polar surface area (TPSA) is 51.9 Å². The third kappa shape index (κ3) is 5.08. The predicted octanol–water partition coefficient (Wildman–Crippen LogP) is 6.87. The van der Waals surface area contributed by atoms with Crippen molar-refractivity contribution < 1.29 is 18.7 Å². The SMILES string of the molecule is CCCN(CCC)C(=O)/C=C(\C)c1cc2c(-c3ccccc3OC)coc2c(C)c1OCC. The number of aryl methyl sites for hydroxylation is 1. The number of methoxy groups -OCH3 is 1. The van der Waals surface area contributed by atoms with Gasteiger partial charge in [-0.3, -0.25) is 4.79 Å². The fraction of sp³-hybridized carbons (Fsp3) is 0.393. The summed E-state index contributed by atoms with van der Waals surface area (Å²) in [6, 6.07) is 9.97. The number of hydrogen-bond donors (Lipinski definition) is 0. The summed E-state index contributed by atoms with van der Waals surface area (Å²) < 4.78 is 17.6. The fourth-order valence-electron chi connectivity index (χ4n) is 4.24. The van der Waals surface area contributed by atoms with Gasteiger partial charge in [0.25, 0.3) is 0 Å². The van der Waals surface area contributed by atoms with Crippen molar-refractivity contribution in [3.8, 4) is 22.6 Å². The zero-order valence-electron chi connectivity index (χ0n) is 20.7. The lowest BCUT2D eigenvalue weighted by molar-refractivity contribution is -0.126. The minimum absolute atomic E-state index is 0.0357. The average Bonchev–Trinajstić information content (AvgIpc) is 3.24. The van der Waals surface area contributed by atoms with E-state index in [1.165, 1.54) is 0 Å². The highest BCUT2D eigenvalue weighted by atomic mass is 16.5. The molecule has 0 fully saturated rings. The van der Waals surface area contributed by atoms with Crippen LogP contribution in [0.5, 0.6) is 11.5 Å². The molecule has 0 radical (unpaired) electrons. The lowest BCUT2D eigenvalue weighted by Crippen LogP contribution is -2.31. The molecule has 0 N–H and O–H groups in total. The molecule has 33 heavy (non-hydrogen) atoms. The summed E-state index contributed by atoms with van der Waals surface area (Å²) in [7, 11) is 1.67. The molecule has 2 aromatic carbocycles. The number of amides is 1. The second kappa shape index (κ2) is 11.1. The Bertz CT molecular complexity index is 1140. The number of carbonyl (C=O) groups is 1. The molecule has 3 aromatic rings. The second-order valence-corrected chi connectivity index (χ2v) is 8.19. The van der Waals surface area contributed by atoms with E-state index in [1.807, 2.05) is 49.9 Å². The van der Waals surface area contributed by atoms with E-state index in [1.54, 1.807) is 19.4 Å².